The zero-order valence-corrected chi connectivity index (χ0v) is 11.3. The Hall–Kier alpha value is -2.05. The van der Waals surface area contributed by atoms with Gasteiger partial charge in [0.2, 0.25) is 5.60 Å². The fourth-order valence-electron chi connectivity index (χ4n) is 2.46. The zero-order valence-electron chi connectivity index (χ0n) is 11.3. The van der Waals surface area contributed by atoms with E-state index in [2.05, 4.69) is 15.0 Å². The molecule has 1 saturated heterocycles. The highest BCUT2D eigenvalue weighted by Gasteiger charge is 2.73. The molecule has 0 aromatic carbocycles. The molecule has 3 heterocycles. The van der Waals surface area contributed by atoms with Gasteiger partial charge in [-0.2, -0.15) is 8.78 Å². The highest BCUT2D eigenvalue weighted by atomic mass is 19.3. The lowest BCUT2D eigenvalue weighted by Crippen LogP contribution is -2.57. The Balaban J connectivity index is 2.12. The molecule has 3 atom stereocenters. The average molecular weight is 337 g/mol. The van der Waals surface area contributed by atoms with Crippen molar-refractivity contribution in [1.82, 2.24) is 19.5 Å². The first-order valence-electron chi connectivity index (χ1n) is 6.32. The number of ether oxygens (including phenoxy) is 1. The predicted molar refractivity (Wildman–Crippen MR) is 66.6 cm³/mol. The maximum Gasteiger partial charge on any atom is 0.314 e. The summed E-state index contributed by atoms with van der Waals surface area (Å²) >= 11 is 0. The van der Waals surface area contributed by atoms with E-state index in [4.69, 9.17) is 15.6 Å². The number of aromatic nitrogens is 4. The Morgan fingerprint density at radius 1 is 1.35 bits per heavy atom. The number of hydrogen-bond acceptors (Lipinski definition) is 7. The van der Waals surface area contributed by atoms with Crippen LogP contribution in [0.4, 0.5) is 23.4 Å². The van der Waals surface area contributed by atoms with Gasteiger partial charge >= 0.3 is 5.92 Å². The molecule has 4 N–H and O–H groups in total. The summed E-state index contributed by atoms with van der Waals surface area (Å²) < 4.78 is 60.0. The zero-order chi connectivity index (χ0) is 17.0. The summed E-state index contributed by atoms with van der Waals surface area (Å²) in [5, 5.41) is 18.8. The van der Waals surface area contributed by atoms with Crippen LogP contribution in [0.15, 0.2) is 12.7 Å². The van der Waals surface area contributed by atoms with Gasteiger partial charge in [-0.15, -0.1) is 0 Å². The number of fused-ring (bicyclic) bond motifs is 1. The van der Waals surface area contributed by atoms with Crippen molar-refractivity contribution in [3.05, 3.63) is 12.7 Å². The summed E-state index contributed by atoms with van der Waals surface area (Å²) in [5.41, 5.74) is 1.96. The maximum absolute atomic E-state index is 14.1. The number of nitrogen functional groups attached to an aromatic ring is 1. The number of halogens is 4. The molecule has 2 aromatic heterocycles. The Bertz CT molecular complexity index is 742. The molecule has 126 valence electrons. The number of rotatable bonds is 3. The lowest BCUT2D eigenvalue weighted by Gasteiger charge is -2.31. The summed E-state index contributed by atoms with van der Waals surface area (Å²) in [6.07, 6.45) is -6.36. The number of aliphatic hydroxyl groups is 2. The number of alkyl halides is 4. The fraction of sp³-hybridized carbons (Fsp3) is 0.545. The standard InChI is InChI=1S/C11H11F4N5O3/c12-9(13)10(1-21)11(14,15)5(22)8(23-10)20-3-19-4-6(16)17-2-18-7(4)20/h2-3,5,8-9,21-22H,1H2,(H2,16,17,18)/t5-,8+,10-/m0/s1. The molecule has 12 heteroatoms. The van der Waals surface area contributed by atoms with Gasteiger partial charge in [-0.25, -0.2) is 23.7 Å². The molecule has 8 nitrogen and oxygen atoms in total. The number of hydrogen-bond donors (Lipinski definition) is 3. The Morgan fingerprint density at radius 3 is 2.61 bits per heavy atom. The third kappa shape index (κ3) is 1.91. The van der Waals surface area contributed by atoms with E-state index >= 15 is 0 Å². The molecule has 0 spiro atoms. The minimum atomic E-state index is -4.41. The number of nitrogens with zero attached hydrogens (tertiary/aromatic N) is 4. The maximum atomic E-state index is 14.1. The van der Waals surface area contributed by atoms with Gasteiger partial charge in [0.1, 0.15) is 11.8 Å². The molecule has 0 aliphatic carbocycles. The van der Waals surface area contributed by atoms with Crippen LogP contribution in [0.1, 0.15) is 6.23 Å². The van der Waals surface area contributed by atoms with Crippen molar-refractivity contribution in [3.8, 4) is 0 Å². The van der Waals surface area contributed by atoms with Gasteiger partial charge in [-0.05, 0) is 0 Å². The molecule has 0 amide bonds. The van der Waals surface area contributed by atoms with Crippen LogP contribution in [0.3, 0.4) is 0 Å². The van der Waals surface area contributed by atoms with Crippen molar-refractivity contribution in [2.45, 2.75) is 30.3 Å². The molecule has 1 fully saturated rings. The van der Waals surface area contributed by atoms with Crippen molar-refractivity contribution >= 4 is 17.0 Å². The van der Waals surface area contributed by atoms with Gasteiger partial charge in [0.25, 0.3) is 6.43 Å². The lowest BCUT2D eigenvalue weighted by atomic mass is 9.95. The van der Waals surface area contributed by atoms with Gasteiger partial charge in [0.05, 0.1) is 12.9 Å². The van der Waals surface area contributed by atoms with Crippen molar-refractivity contribution in [3.63, 3.8) is 0 Å². The van der Waals surface area contributed by atoms with Crippen LogP contribution in [0.2, 0.25) is 0 Å². The van der Waals surface area contributed by atoms with Crippen molar-refractivity contribution in [1.29, 1.82) is 0 Å². The van der Waals surface area contributed by atoms with Crippen molar-refractivity contribution in [2.75, 3.05) is 12.3 Å². The van der Waals surface area contributed by atoms with E-state index in [1.54, 1.807) is 0 Å². The molecule has 23 heavy (non-hydrogen) atoms. The normalized spacial score (nSPS) is 30.4. The molecule has 3 rings (SSSR count). The second kappa shape index (κ2) is 4.97. The smallest absolute Gasteiger partial charge is 0.314 e. The number of nitrogens with two attached hydrogens (primary N) is 1. The molecule has 1 aliphatic heterocycles. The average Bonchev–Trinajstić information content (AvgIpc) is 3.00. The summed E-state index contributed by atoms with van der Waals surface area (Å²) in [5.74, 6) is -4.47. The van der Waals surface area contributed by atoms with Crippen LogP contribution in [0.25, 0.3) is 11.2 Å². The van der Waals surface area contributed by atoms with E-state index in [0.717, 1.165) is 17.2 Å². The Kier molecular flexibility index (Phi) is 3.42. The largest absolute Gasteiger partial charge is 0.393 e. The van der Waals surface area contributed by atoms with E-state index in [9.17, 15) is 22.7 Å². The van der Waals surface area contributed by atoms with Gasteiger partial charge in [0.15, 0.2) is 23.8 Å². The van der Waals surface area contributed by atoms with Gasteiger partial charge < -0.3 is 20.7 Å². The molecule has 1 aliphatic rings. The van der Waals surface area contributed by atoms with E-state index in [0.29, 0.717) is 0 Å². The van der Waals surface area contributed by atoms with Gasteiger partial charge in [-0.1, -0.05) is 0 Å². The molecule has 0 bridgehead atoms. The number of anilines is 1. The third-order valence-corrected chi connectivity index (χ3v) is 3.79. The van der Waals surface area contributed by atoms with Crippen LogP contribution in [-0.4, -0.2) is 60.4 Å². The Morgan fingerprint density at radius 2 is 2.04 bits per heavy atom. The van der Waals surface area contributed by atoms with E-state index in [1.165, 1.54) is 0 Å². The SMILES string of the molecule is Nc1ncnc2c1ncn2[C@@H]1O[C@@](CO)(C(F)F)C(F)(F)[C@H]1O. The fourth-order valence-corrected chi connectivity index (χ4v) is 2.46. The highest BCUT2D eigenvalue weighted by molar-refractivity contribution is 5.81. The van der Waals surface area contributed by atoms with Crippen molar-refractivity contribution in [2.24, 2.45) is 0 Å². The first kappa shape index (κ1) is 15.8. The van der Waals surface area contributed by atoms with E-state index in [-0.39, 0.29) is 17.0 Å². The summed E-state index contributed by atoms with van der Waals surface area (Å²) in [7, 11) is 0. The second-order valence-corrected chi connectivity index (χ2v) is 5.01. The van der Waals surface area contributed by atoms with Crippen LogP contribution in [0.5, 0.6) is 0 Å². The quantitative estimate of drug-likeness (QED) is 0.671. The minimum Gasteiger partial charge on any atom is -0.393 e. The molecule has 0 saturated carbocycles. The summed E-state index contributed by atoms with van der Waals surface area (Å²) in [6.45, 7) is -1.69. The molecular formula is C11H11F4N5O3. The highest BCUT2D eigenvalue weighted by Crippen LogP contribution is 2.51. The molecule has 2 aromatic rings. The predicted octanol–water partition coefficient (Wildman–Crippen LogP) is -0.0703. The van der Waals surface area contributed by atoms with Crippen LogP contribution in [0, 0.1) is 0 Å². The van der Waals surface area contributed by atoms with Crippen LogP contribution < -0.4 is 5.73 Å². The first-order chi connectivity index (χ1) is 10.8. The molecular weight excluding hydrogens is 326 g/mol. The van der Waals surface area contributed by atoms with Gasteiger partial charge in [0, 0.05) is 0 Å². The van der Waals surface area contributed by atoms with E-state index < -0.39 is 36.9 Å². The van der Waals surface area contributed by atoms with Crippen LogP contribution in [-0.2, 0) is 4.74 Å². The molecule has 0 radical (unpaired) electrons. The first-order valence-corrected chi connectivity index (χ1v) is 6.32. The van der Waals surface area contributed by atoms with E-state index in [1.807, 2.05) is 0 Å². The second-order valence-electron chi connectivity index (χ2n) is 5.01. The van der Waals surface area contributed by atoms with Crippen LogP contribution >= 0.6 is 0 Å². The lowest BCUT2D eigenvalue weighted by molar-refractivity contribution is -0.244. The monoisotopic (exact) mass is 337 g/mol. The van der Waals surface area contributed by atoms with Gasteiger partial charge in [-0.3, -0.25) is 4.57 Å². The van der Waals surface area contributed by atoms with Crippen molar-refractivity contribution < 1.29 is 32.5 Å². The summed E-state index contributed by atoms with van der Waals surface area (Å²) in [4.78, 5) is 11.2. The third-order valence-electron chi connectivity index (χ3n) is 3.79. The number of aliphatic hydroxyl groups excluding tert-OH is 2. The Labute approximate surface area is 125 Å². The summed E-state index contributed by atoms with van der Waals surface area (Å²) in [6, 6.07) is 0. The minimum absolute atomic E-state index is 0.0326. The topological polar surface area (TPSA) is 119 Å². The molecule has 0 unspecified atom stereocenters. The number of imidazole rings is 1.